The van der Waals surface area contributed by atoms with E-state index in [1.807, 2.05) is 48.7 Å². The second-order valence-corrected chi connectivity index (χ2v) is 7.28. The van der Waals surface area contributed by atoms with Gasteiger partial charge in [-0.25, -0.2) is 4.39 Å². The first-order chi connectivity index (χ1) is 15.6. The Labute approximate surface area is 185 Å². The quantitative estimate of drug-likeness (QED) is 0.399. The predicted octanol–water partition coefficient (Wildman–Crippen LogP) is 4.51. The smallest absolute Gasteiger partial charge is 0.310 e. The molecule has 0 unspecified atom stereocenters. The topological polar surface area (TPSA) is 90.2 Å². The number of hydrogen-bond acceptors (Lipinski definition) is 5. The Bertz CT molecular complexity index is 1250. The Balaban J connectivity index is 1.65. The fourth-order valence-corrected chi connectivity index (χ4v) is 3.69. The third-order valence-electron chi connectivity index (χ3n) is 5.18. The van der Waals surface area contributed by atoms with Gasteiger partial charge in [0.05, 0.1) is 18.7 Å². The zero-order chi connectivity index (χ0) is 22.5. The van der Waals surface area contributed by atoms with Crippen LogP contribution in [0.5, 0.6) is 5.75 Å². The molecule has 0 atom stereocenters. The van der Waals surface area contributed by atoms with Gasteiger partial charge in [-0.1, -0.05) is 18.2 Å². The van der Waals surface area contributed by atoms with Gasteiger partial charge in [0.1, 0.15) is 12.4 Å². The highest BCUT2D eigenvalue weighted by atomic mass is 19.1. The number of rotatable bonds is 8. The van der Waals surface area contributed by atoms with E-state index in [1.54, 1.807) is 19.2 Å². The van der Waals surface area contributed by atoms with Gasteiger partial charge in [-0.15, -0.1) is 0 Å². The molecule has 7 heteroatoms. The summed E-state index contributed by atoms with van der Waals surface area (Å²) in [5.74, 6) is -0.118. The first-order valence-corrected chi connectivity index (χ1v) is 10.4. The van der Waals surface area contributed by atoms with E-state index >= 15 is 0 Å². The van der Waals surface area contributed by atoms with Crippen LogP contribution in [0.25, 0.3) is 22.0 Å². The molecule has 0 aliphatic carbocycles. The van der Waals surface area contributed by atoms with E-state index in [1.165, 1.54) is 0 Å². The maximum atomic E-state index is 15.0. The zero-order valence-electron chi connectivity index (χ0n) is 17.7. The summed E-state index contributed by atoms with van der Waals surface area (Å²) in [6.45, 7) is 2.38. The summed E-state index contributed by atoms with van der Waals surface area (Å²) in [6.07, 6.45) is 3.51. The number of pyridine rings is 1. The number of nitrogens with one attached hydrogen (secondary N) is 1. The largest absolute Gasteiger partial charge is 0.489 e. The van der Waals surface area contributed by atoms with Crippen LogP contribution in [0.2, 0.25) is 0 Å². The molecule has 4 aromatic rings. The van der Waals surface area contributed by atoms with Crippen molar-refractivity contribution < 1.29 is 18.7 Å². The van der Waals surface area contributed by atoms with E-state index < -0.39 is 5.82 Å². The second-order valence-electron chi connectivity index (χ2n) is 7.28. The molecule has 3 N–H and O–H groups in total. The molecule has 32 heavy (non-hydrogen) atoms. The number of ether oxygens (including phenoxy) is 2. The molecule has 0 amide bonds. The lowest BCUT2D eigenvalue weighted by Gasteiger charge is -2.13. The Hall–Kier alpha value is -3.71. The van der Waals surface area contributed by atoms with Crippen LogP contribution < -0.4 is 10.5 Å². The number of carbonyl (C=O) groups is 1. The van der Waals surface area contributed by atoms with Gasteiger partial charge >= 0.3 is 5.97 Å². The third kappa shape index (κ3) is 4.48. The summed E-state index contributed by atoms with van der Waals surface area (Å²) >= 11 is 0. The van der Waals surface area contributed by atoms with Gasteiger partial charge in [0, 0.05) is 41.0 Å². The molecule has 0 saturated heterocycles. The van der Waals surface area contributed by atoms with Gasteiger partial charge in [-0.05, 0) is 48.4 Å². The van der Waals surface area contributed by atoms with Crippen LogP contribution >= 0.6 is 0 Å². The molecule has 0 fully saturated rings. The van der Waals surface area contributed by atoms with Gasteiger partial charge in [0.15, 0.2) is 5.82 Å². The van der Waals surface area contributed by atoms with Crippen LogP contribution in [0, 0.1) is 5.82 Å². The van der Waals surface area contributed by atoms with Crippen molar-refractivity contribution in [2.45, 2.75) is 26.5 Å². The van der Waals surface area contributed by atoms with Crippen LogP contribution in [-0.2, 0) is 29.1 Å². The summed E-state index contributed by atoms with van der Waals surface area (Å²) < 4.78 is 26.1. The minimum atomic E-state index is -0.421. The molecule has 0 bridgehead atoms. The lowest BCUT2D eigenvalue weighted by molar-refractivity contribution is -0.142. The molecular weight excluding hydrogens is 409 g/mol. The Morgan fingerprint density at radius 3 is 2.81 bits per heavy atom. The number of carbonyl (C=O) groups excluding carboxylic acids is 1. The van der Waals surface area contributed by atoms with Gasteiger partial charge in [0.2, 0.25) is 0 Å². The number of fused-ring (bicyclic) bond motifs is 1. The lowest BCUT2D eigenvalue weighted by Crippen LogP contribution is -2.09. The molecule has 0 aliphatic rings. The minimum absolute atomic E-state index is 0.0238. The van der Waals surface area contributed by atoms with Crippen LogP contribution in [0.15, 0.2) is 60.9 Å². The molecule has 0 saturated carbocycles. The fraction of sp³-hybridized carbons (Fsp3) is 0.200. The third-order valence-corrected chi connectivity index (χ3v) is 5.18. The molecule has 6 nitrogen and oxygen atoms in total. The number of benzene rings is 2. The van der Waals surface area contributed by atoms with E-state index in [0.29, 0.717) is 17.9 Å². The molecule has 2 aromatic carbocycles. The van der Waals surface area contributed by atoms with Crippen molar-refractivity contribution in [2.75, 3.05) is 6.61 Å². The van der Waals surface area contributed by atoms with E-state index in [2.05, 4.69) is 9.97 Å². The summed E-state index contributed by atoms with van der Waals surface area (Å²) in [4.78, 5) is 19.1. The summed E-state index contributed by atoms with van der Waals surface area (Å²) in [7, 11) is 0. The van der Waals surface area contributed by atoms with Crippen LogP contribution in [0.4, 0.5) is 4.39 Å². The number of aromatic nitrogens is 2. The Kier molecular flexibility index (Phi) is 6.47. The van der Waals surface area contributed by atoms with E-state index in [0.717, 1.165) is 27.6 Å². The first-order valence-electron chi connectivity index (χ1n) is 10.4. The number of halogens is 1. The van der Waals surface area contributed by atoms with Crippen molar-refractivity contribution in [1.29, 1.82) is 0 Å². The van der Waals surface area contributed by atoms with Crippen molar-refractivity contribution in [1.82, 2.24) is 9.97 Å². The average Bonchev–Trinajstić information content (AvgIpc) is 3.27. The van der Waals surface area contributed by atoms with Gasteiger partial charge in [0.25, 0.3) is 0 Å². The summed E-state index contributed by atoms with van der Waals surface area (Å²) in [5.41, 5.74) is 9.50. The maximum absolute atomic E-state index is 15.0. The molecule has 0 spiro atoms. The number of aromatic amines is 1. The zero-order valence-corrected chi connectivity index (χ0v) is 17.7. The molecule has 0 radical (unpaired) electrons. The van der Waals surface area contributed by atoms with E-state index in [9.17, 15) is 9.18 Å². The van der Waals surface area contributed by atoms with E-state index in [4.69, 9.17) is 15.2 Å². The normalized spacial score (nSPS) is 11.0. The van der Waals surface area contributed by atoms with Crippen molar-refractivity contribution >= 4 is 16.9 Å². The van der Waals surface area contributed by atoms with Crippen molar-refractivity contribution in [2.24, 2.45) is 5.73 Å². The highest BCUT2D eigenvalue weighted by Crippen LogP contribution is 2.32. The highest BCUT2D eigenvalue weighted by molar-refractivity contribution is 5.96. The molecule has 164 valence electrons. The van der Waals surface area contributed by atoms with Gasteiger partial charge in [-0.2, -0.15) is 0 Å². The molecule has 2 aromatic heterocycles. The number of H-pyrrole nitrogens is 1. The average molecular weight is 433 g/mol. The number of nitrogens with two attached hydrogens (primary N) is 1. The van der Waals surface area contributed by atoms with E-state index in [-0.39, 0.29) is 31.2 Å². The fourth-order valence-electron chi connectivity index (χ4n) is 3.69. The van der Waals surface area contributed by atoms with Crippen molar-refractivity contribution in [3.63, 3.8) is 0 Å². The molecule has 2 heterocycles. The molecule has 4 rings (SSSR count). The summed E-state index contributed by atoms with van der Waals surface area (Å²) in [6, 6.07) is 14.8. The minimum Gasteiger partial charge on any atom is -0.489 e. The van der Waals surface area contributed by atoms with Crippen molar-refractivity contribution in [3.05, 3.63) is 83.6 Å². The van der Waals surface area contributed by atoms with Crippen molar-refractivity contribution in [3.8, 4) is 16.9 Å². The van der Waals surface area contributed by atoms with Gasteiger partial charge < -0.3 is 20.2 Å². The standard InChI is InChI=1S/C25H24FN3O3/c1-2-31-24(30)13-17-5-3-4-6-23(17)32-15-16-11-20(18-7-9-28-21(18)12-16)19-8-10-29-22(14-27)25(19)26/h3-12,28H,2,13-15,27H2,1H3. The number of para-hydroxylation sites is 1. The number of nitrogens with zero attached hydrogens (tertiary/aromatic N) is 1. The lowest BCUT2D eigenvalue weighted by atomic mass is 9.98. The highest BCUT2D eigenvalue weighted by Gasteiger charge is 2.15. The first kappa shape index (κ1) is 21.5. The van der Waals surface area contributed by atoms with Crippen LogP contribution in [-0.4, -0.2) is 22.5 Å². The van der Waals surface area contributed by atoms with Gasteiger partial charge in [-0.3, -0.25) is 9.78 Å². The Morgan fingerprint density at radius 2 is 2.00 bits per heavy atom. The monoisotopic (exact) mass is 433 g/mol. The van der Waals surface area contributed by atoms with Crippen LogP contribution in [0.3, 0.4) is 0 Å². The molecular formula is C25H24FN3O3. The maximum Gasteiger partial charge on any atom is 0.310 e. The predicted molar refractivity (Wildman–Crippen MR) is 120 cm³/mol. The second kappa shape index (κ2) is 9.62. The summed E-state index contributed by atoms with van der Waals surface area (Å²) in [5, 5.41) is 0.893. The number of esters is 1. The molecule has 0 aliphatic heterocycles. The Morgan fingerprint density at radius 1 is 1.16 bits per heavy atom. The number of hydrogen-bond donors (Lipinski definition) is 2. The SMILES string of the molecule is CCOC(=O)Cc1ccccc1OCc1cc(-c2ccnc(CN)c2F)c2cc[nH]c2c1. The van der Waals surface area contributed by atoms with Crippen LogP contribution in [0.1, 0.15) is 23.7 Å².